The van der Waals surface area contributed by atoms with E-state index in [9.17, 15) is 4.79 Å². The largest absolute Gasteiger partial charge is 0.360 e. The van der Waals surface area contributed by atoms with E-state index in [0.29, 0.717) is 33.0 Å². The highest BCUT2D eigenvalue weighted by Crippen LogP contribution is 2.30. The van der Waals surface area contributed by atoms with Gasteiger partial charge in [-0.1, -0.05) is 31.8 Å². The number of carbonyl (C=O) groups excluding carboxylic acids is 1. The molecule has 0 bridgehead atoms. The summed E-state index contributed by atoms with van der Waals surface area (Å²) >= 11 is 0. The van der Waals surface area contributed by atoms with Crippen LogP contribution in [0, 0.1) is 0 Å². The lowest BCUT2D eigenvalue weighted by atomic mass is 10.1. The fourth-order valence-electron chi connectivity index (χ4n) is 4.00. The first-order valence-electron chi connectivity index (χ1n) is 12.5. The van der Waals surface area contributed by atoms with Gasteiger partial charge in [0, 0.05) is 39.4 Å². The lowest BCUT2D eigenvalue weighted by Crippen LogP contribution is -2.48. The molecule has 37 heavy (non-hydrogen) atoms. The lowest BCUT2D eigenvalue weighted by Gasteiger charge is -2.27. The van der Waals surface area contributed by atoms with Crippen LogP contribution < -0.4 is 10.2 Å². The molecule has 1 amide bonds. The number of amides is 1. The fraction of sp³-hybridized carbons (Fsp3) is 0.370. The van der Waals surface area contributed by atoms with Crippen LogP contribution in [0.15, 0.2) is 53.8 Å². The van der Waals surface area contributed by atoms with Gasteiger partial charge in [-0.15, -0.1) is 0 Å². The fourth-order valence-corrected chi connectivity index (χ4v) is 4.76. The van der Waals surface area contributed by atoms with Crippen molar-refractivity contribution in [2.24, 2.45) is 4.99 Å². The smallest absolute Gasteiger partial charge is 0.239 e. The zero-order valence-corrected chi connectivity index (χ0v) is 23.1. The topological polar surface area (TPSA) is 97.5 Å². The number of anilines is 1. The third kappa shape index (κ3) is 6.78. The van der Waals surface area contributed by atoms with Crippen LogP contribution in [0.5, 0.6) is 0 Å². The maximum atomic E-state index is 11.9. The highest BCUT2D eigenvalue weighted by molar-refractivity contribution is 6.76. The van der Waals surface area contributed by atoms with Crippen molar-refractivity contribution < 1.29 is 9.53 Å². The van der Waals surface area contributed by atoms with Crippen LogP contribution in [-0.2, 0) is 16.3 Å². The summed E-state index contributed by atoms with van der Waals surface area (Å²) in [5, 5.41) is 8.72. The Labute approximate surface area is 219 Å². The molecule has 0 unspecified atom stereocenters. The molecule has 0 radical (unpaired) electrons. The van der Waals surface area contributed by atoms with Gasteiger partial charge in [0.05, 0.1) is 29.6 Å². The summed E-state index contributed by atoms with van der Waals surface area (Å²) < 4.78 is 7.88. The summed E-state index contributed by atoms with van der Waals surface area (Å²) in [5.41, 5.74) is 4.21. The normalized spacial score (nSPS) is 15.0. The average molecular weight is 518 g/mol. The van der Waals surface area contributed by atoms with Crippen molar-refractivity contribution in [2.45, 2.75) is 39.3 Å². The van der Waals surface area contributed by atoms with E-state index in [0.717, 1.165) is 45.4 Å². The number of ether oxygens (including phenoxy) is 1. The molecule has 1 aliphatic heterocycles. The number of carbonyl (C=O) groups is 1. The number of aliphatic imine (C=N–C) groups is 1. The number of nitrogens with zero attached hydrogens (tertiary/aromatic N) is 6. The van der Waals surface area contributed by atoms with Crippen molar-refractivity contribution >= 4 is 43.0 Å². The number of pyridine rings is 2. The quantitative estimate of drug-likeness (QED) is 0.186. The van der Waals surface area contributed by atoms with Crippen LogP contribution in [0.25, 0.3) is 27.9 Å². The number of hydrogen-bond acceptors (Lipinski definition) is 7. The number of fused-ring (bicyclic) bond motifs is 1. The molecule has 1 aliphatic rings. The molecule has 194 valence electrons. The first-order chi connectivity index (χ1) is 17.7. The molecule has 0 atom stereocenters. The van der Waals surface area contributed by atoms with Crippen LogP contribution in [0.2, 0.25) is 25.7 Å². The van der Waals surface area contributed by atoms with Gasteiger partial charge < -0.3 is 15.0 Å². The number of piperazine rings is 1. The van der Waals surface area contributed by atoms with E-state index >= 15 is 0 Å². The van der Waals surface area contributed by atoms with E-state index in [1.54, 1.807) is 6.20 Å². The second-order valence-corrected chi connectivity index (χ2v) is 15.9. The molecule has 1 fully saturated rings. The minimum absolute atomic E-state index is 0.00216. The lowest BCUT2D eigenvalue weighted by molar-refractivity contribution is -0.120. The van der Waals surface area contributed by atoms with E-state index in [1.807, 2.05) is 59.1 Å². The highest BCUT2D eigenvalue weighted by atomic mass is 28.3. The van der Waals surface area contributed by atoms with Gasteiger partial charge >= 0.3 is 0 Å². The van der Waals surface area contributed by atoms with E-state index in [4.69, 9.17) is 14.8 Å². The van der Waals surface area contributed by atoms with Crippen molar-refractivity contribution in [3.8, 4) is 11.4 Å². The van der Waals surface area contributed by atoms with Gasteiger partial charge in [0.2, 0.25) is 5.91 Å². The van der Waals surface area contributed by atoms with Gasteiger partial charge in [0.15, 0.2) is 0 Å². The molecule has 0 saturated carbocycles. The van der Waals surface area contributed by atoms with Crippen molar-refractivity contribution in [2.75, 3.05) is 31.1 Å². The molecule has 1 N–H and O–H groups in total. The Hall–Kier alpha value is -3.63. The molecule has 0 aliphatic carbocycles. The van der Waals surface area contributed by atoms with Crippen molar-refractivity contribution in [1.29, 1.82) is 0 Å². The van der Waals surface area contributed by atoms with Gasteiger partial charge in [0.25, 0.3) is 0 Å². The summed E-state index contributed by atoms with van der Waals surface area (Å²) in [6.45, 7) is 15.2. The van der Waals surface area contributed by atoms with Crippen LogP contribution >= 0.6 is 0 Å². The molecule has 10 heteroatoms. The SMILES string of the molecule is C=N/C=C\C=C(/C)c1cc2c(-c3cccc(N4CCNC(=O)C4)n3)nn(COCC[Si](C)(C)C)c2cn1. The van der Waals surface area contributed by atoms with Gasteiger partial charge in [-0.05, 0) is 49.5 Å². The van der Waals surface area contributed by atoms with E-state index in [-0.39, 0.29) is 5.91 Å². The molecule has 4 rings (SSSR count). The standard InChI is InChI=1S/C27H35N7O2Si/c1-20(8-7-11-28-2)23-16-21-24(17-30-23)34(19-36-14-15-37(3,4)5)32-27(21)22-9-6-10-25(31-22)33-13-12-29-26(35)18-33/h6-11,16-17H,2,12-15,18-19H2,1,3-5H3,(H,29,35)/b11-7-,20-8+. The minimum atomic E-state index is -1.19. The zero-order chi connectivity index (χ0) is 26.4. The molecular weight excluding hydrogens is 482 g/mol. The second-order valence-electron chi connectivity index (χ2n) is 10.3. The average Bonchev–Trinajstić information content (AvgIpc) is 3.24. The Kier molecular flexibility index (Phi) is 8.30. The van der Waals surface area contributed by atoms with Gasteiger partial charge in [0.1, 0.15) is 18.2 Å². The molecule has 3 aromatic rings. The first-order valence-corrected chi connectivity index (χ1v) is 16.2. The van der Waals surface area contributed by atoms with Crippen LogP contribution in [-0.4, -0.2) is 66.7 Å². The number of nitrogens with one attached hydrogen (secondary N) is 1. The third-order valence-corrected chi connectivity index (χ3v) is 7.83. The summed E-state index contributed by atoms with van der Waals surface area (Å²) in [6, 6.07) is 8.97. The second kappa shape index (κ2) is 11.6. The van der Waals surface area contributed by atoms with Crippen molar-refractivity contribution in [3.63, 3.8) is 0 Å². The van der Waals surface area contributed by atoms with Crippen LogP contribution in [0.1, 0.15) is 12.6 Å². The molecule has 0 aromatic carbocycles. The Morgan fingerprint density at radius 3 is 2.92 bits per heavy atom. The Morgan fingerprint density at radius 1 is 1.32 bits per heavy atom. The Morgan fingerprint density at radius 2 is 2.16 bits per heavy atom. The summed E-state index contributed by atoms with van der Waals surface area (Å²) in [4.78, 5) is 27.3. The molecule has 4 heterocycles. The molecule has 9 nitrogen and oxygen atoms in total. The predicted octanol–water partition coefficient (Wildman–Crippen LogP) is 4.36. The molecule has 1 saturated heterocycles. The Balaban J connectivity index is 1.72. The summed E-state index contributed by atoms with van der Waals surface area (Å²) in [7, 11) is -1.19. The number of allylic oxidation sites excluding steroid dienone is 3. The number of rotatable bonds is 10. The van der Waals surface area contributed by atoms with E-state index in [1.165, 1.54) is 0 Å². The number of aromatic nitrogens is 4. The van der Waals surface area contributed by atoms with Crippen LogP contribution in [0.3, 0.4) is 0 Å². The summed E-state index contributed by atoms with van der Waals surface area (Å²) in [5.74, 6) is 0.760. The first kappa shape index (κ1) is 26.4. The molecule has 0 spiro atoms. The Bertz CT molecular complexity index is 1340. The van der Waals surface area contributed by atoms with Crippen molar-refractivity contribution in [1.82, 2.24) is 25.1 Å². The van der Waals surface area contributed by atoms with E-state index < -0.39 is 8.07 Å². The van der Waals surface area contributed by atoms with Gasteiger partial charge in [-0.25, -0.2) is 9.67 Å². The maximum absolute atomic E-state index is 11.9. The molecular formula is C27H35N7O2Si. The predicted molar refractivity (Wildman–Crippen MR) is 152 cm³/mol. The van der Waals surface area contributed by atoms with E-state index in [2.05, 4.69) is 41.7 Å². The number of hydrogen-bond donors (Lipinski definition) is 1. The zero-order valence-electron chi connectivity index (χ0n) is 22.1. The van der Waals surface area contributed by atoms with Gasteiger partial charge in [-0.2, -0.15) is 5.10 Å². The highest BCUT2D eigenvalue weighted by Gasteiger charge is 2.20. The van der Waals surface area contributed by atoms with Gasteiger partial charge in [-0.3, -0.25) is 14.8 Å². The van der Waals surface area contributed by atoms with Crippen molar-refractivity contribution in [3.05, 3.63) is 54.5 Å². The van der Waals surface area contributed by atoms with Crippen LogP contribution in [0.4, 0.5) is 5.82 Å². The molecule has 3 aromatic heterocycles. The monoisotopic (exact) mass is 517 g/mol. The summed E-state index contributed by atoms with van der Waals surface area (Å²) in [6.07, 6.45) is 7.27. The maximum Gasteiger partial charge on any atom is 0.239 e. The minimum Gasteiger partial charge on any atom is -0.360 e. The third-order valence-electron chi connectivity index (χ3n) is 6.13.